The fourth-order valence-corrected chi connectivity index (χ4v) is 1.69. The zero-order valence-corrected chi connectivity index (χ0v) is 10.9. The fourth-order valence-electron chi connectivity index (χ4n) is 1.69. The predicted octanol–water partition coefficient (Wildman–Crippen LogP) is 1.74. The molecule has 0 aliphatic heterocycles. The topological polar surface area (TPSA) is 109 Å². The van der Waals surface area contributed by atoms with Crippen molar-refractivity contribution in [2.45, 2.75) is 0 Å². The lowest BCUT2D eigenvalue weighted by Gasteiger charge is -2.06. The molecular formula is C15H12N2O4. The predicted molar refractivity (Wildman–Crippen MR) is 76.3 cm³/mol. The van der Waals surface area contributed by atoms with E-state index in [0.717, 1.165) is 0 Å². The van der Waals surface area contributed by atoms with E-state index in [0.29, 0.717) is 16.8 Å². The maximum absolute atomic E-state index is 12.0. The average molecular weight is 284 g/mol. The summed E-state index contributed by atoms with van der Waals surface area (Å²) in [6.07, 6.45) is 0. The molecule has 6 heteroatoms. The second-order valence-electron chi connectivity index (χ2n) is 4.28. The molecule has 4 N–H and O–H groups in total. The van der Waals surface area contributed by atoms with Gasteiger partial charge < -0.3 is 16.2 Å². The zero-order valence-electron chi connectivity index (χ0n) is 10.9. The van der Waals surface area contributed by atoms with Crippen molar-refractivity contribution in [3.63, 3.8) is 0 Å². The second kappa shape index (κ2) is 5.87. The van der Waals surface area contributed by atoms with Crippen LogP contribution in [0.15, 0.2) is 48.5 Å². The zero-order chi connectivity index (χ0) is 15.4. The van der Waals surface area contributed by atoms with Crippen LogP contribution in [0.4, 0.5) is 5.69 Å². The minimum atomic E-state index is -1.05. The van der Waals surface area contributed by atoms with Gasteiger partial charge in [-0.2, -0.15) is 0 Å². The summed E-state index contributed by atoms with van der Waals surface area (Å²) in [6, 6.07) is 11.7. The summed E-state index contributed by atoms with van der Waals surface area (Å²) in [5.41, 5.74) is 6.41. The molecule has 0 unspecified atom stereocenters. The maximum atomic E-state index is 12.0. The van der Waals surface area contributed by atoms with Gasteiger partial charge in [0.25, 0.3) is 5.91 Å². The molecule has 2 aromatic rings. The van der Waals surface area contributed by atoms with E-state index in [1.165, 1.54) is 36.4 Å². The molecule has 0 spiro atoms. The molecular weight excluding hydrogens is 272 g/mol. The molecule has 21 heavy (non-hydrogen) atoms. The van der Waals surface area contributed by atoms with E-state index >= 15 is 0 Å². The number of hydrogen-bond donors (Lipinski definition) is 3. The van der Waals surface area contributed by atoms with Crippen LogP contribution in [0.25, 0.3) is 0 Å². The van der Waals surface area contributed by atoms with Crippen LogP contribution >= 0.6 is 0 Å². The molecule has 6 nitrogen and oxygen atoms in total. The second-order valence-corrected chi connectivity index (χ2v) is 4.28. The SMILES string of the molecule is NC(=O)c1ccc(NC(=O)c2ccc(C(=O)O)cc2)cc1. The van der Waals surface area contributed by atoms with Gasteiger partial charge in [-0.25, -0.2) is 4.79 Å². The van der Waals surface area contributed by atoms with Crippen molar-refractivity contribution < 1.29 is 19.5 Å². The summed E-state index contributed by atoms with van der Waals surface area (Å²) >= 11 is 0. The molecule has 106 valence electrons. The van der Waals surface area contributed by atoms with Crippen molar-refractivity contribution in [1.29, 1.82) is 0 Å². The van der Waals surface area contributed by atoms with E-state index in [1.807, 2.05) is 0 Å². The Morgan fingerprint density at radius 1 is 0.810 bits per heavy atom. The average Bonchev–Trinajstić information content (AvgIpc) is 2.47. The summed E-state index contributed by atoms with van der Waals surface area (Å²) < 4.78 is 0. The number of hydrogen-bond acceptors (Lipinski definition) is 3. The molecule has 0 saturated heterocycles. The van der Waals surface area contributed by atoms with Crippen molar-refractivity contribution in [2.75, 3.05) is 5.32 Å². The number of carboxylic acids is 1. The van der Waals surface area contributed by atoms with E-state index in [9.17, 15) is 14.4 Å². The molecule has 0 saturated carbocycles. The first-order valence-electron chi connectivity index (χ1n) is 6.02. The van der Waals surface area contributed by atoms with Crippen molar-refractivity contribution >= 4 is 23.5 Å². The summed E-state index contributed by atoms with van der Waals surface area (Å²) in [6.45, 7) is 0. The summed E-state index contributed by atoms with van der Waals surface area (Å²) in [4.78, 5) is 33.6. The Hall–Kier alpha value is -3.15. The third-order valence-corrected chi connectivity index (χ3v) is 2.82. The lowest BCUT2D eigenvalue weighted by molar-refractivity contribution is 0.0696. The van der Waals surface area contributed by atoms with E-state index < -0.39 is 11.9 Å². The van der Waals surface area contributed by atoms with Crippen LogP contribution in [0, 0.1) is 0 Å². The standard InChI is InChI=1S/C15H12N2O4/c16-13(18)9-5-7-12(8-6-9)17-14(19)10-1-3-11(4-2-10)15(20)21/h1-8H,(H2,16,18)(H,17,19)(H,20,21). The van der Waals surface area contributed by atoms with Crippen LogP contribution in [0.3, 0.4) is 0 Å². The van der Waals surface area contributed by atoms with Gasteiger partial charge in [-0.1, -0.05) is 0 Å². The molecule has 0 aromatic heterocycles. The number of benzene rings is 2. The minimum Gasteiger partial charge on any atom is -0.478 e. The number of amides is 2. The highest BCUT2D eigenvalue weighted by atomic mass is 16.4. The molecule has 2 rings (SSSR count). The van der Waals surface area contributed by atoms with Crippen molar-refractivity contribution in [2.24, 2.45) is 5.73 Å². The van der Waals surface area contributed by atoms with Crippen molar-refractivity contribution in [1.82, 2.24) is 0 Å². The largest absolute Gasteiger partial charge is 0.478 e. The highest BCUT2D eigenvalue weighted by Crippen LogP contribution is 2.12. The molecule has 0 fully saturated rings. The number of rotatable bonds is 4. The first-order chi connectivity index (χ1) is 9.97. The molecule has 0 atom stereocenters. The normalized spacial score (nSPS) is 9.90. The Balaban J connectivity index is 2.10. The number of nitrogens with one attached hydrogen (secondary N) is 1. The number of carboxylic acid groups (broad SMARTS) is 1. The van der Waals surface area contributed by atoms with Crippen LogP contribution in [0.2, 0.25) is 0 Å². The monoisotopic (exact) mass is 284 g/mol. The Kier molecular flexibility index (Phi) is 3.99. The van der Waals surface area contributed by atoms with Crippen LogP contribution in [-0.4, -0.2) is 22.9 Å². The number of primary amides is 1. The van der Waals surface area contributed by atoms with Gasteiger partial charge in [0, 0.05) is 16.8 Å². The highest BCUT2D eigenvalue weighted by Gasteiger charge is 2.08. The molecule has 0 aliphatic rings. The third kappa shape index (κ3) is 3.44. The van der Waals surface area contributed by atoms with E-state index in [4.69, 9.17) is 10.8 Å². The quantitative estimate of drug-likeness (QED) is 0.794. The Morgan fingerprint density at radius 2 is 1.29 bits per heavy atom. The van der Waals surface area contributed by atoms with Gasteiger partial charge in [-0.15, -0.1) is 0 Å². The molecule has 0 aliphatic carbocycles. The number of nitrogens with two attached hydrogens (primary N) is 1. The molecule has 0 radical (unpaired) electrons. The van der Waals surface area contributed by atoms with Crippen LogP contribution in [0.1, 0.15) is 31.1 Å². The fraction of sp³-hybridized carbons (Fsp3) is 0. The summed E-state index contributed by atoms with van der Waals surface area (Å²) in [5.74, 6) is -1.97. The van der Waals surface area contributed by atoms with E-state index in [-0.39, 0.29) is 11.5 Å². The maximum Gasteiger partial charge on any atom is 0.335 e. The first-order valence-corrected chi connectivity index (χ1v) is 6.02. The van der Waals surface area contributed by atoms with Gasteiger partial charge in [0.05, 0.1) is 5.56 Å². The van der Waals surface area contributed by atoms with E-state index in [1.54, 1.807) is 12.1 Å². The Morgan fingerprint density at radius 3 is 1.76 bits per heavy atom. The highest BCUT2D eigenvalue weighted by molar-refractivity contribution is 6.05. The van der Waals surface area contributed by atoms with Crippen LogP contribution in [0.5, 0.6) is 0 Å². The molecule has 0 heterocycles. The number of anilines is 1. The third-order valence-electron chi connectivity index (χ3n) is 2.82. The lowest BCUT2D eigenvalue weighted by Crippen LogP contribution is -2.13. The number of aromatic carboxylic acids is 1. The summed E-state index contributed by atoms with van der Waals surface area (Å²) in [5, 5.41) is 11.4. The van der Waals surface area contributed by atoms with Gasteiger partial charge in [0.2, 0.25) is 5.91 Å². The molecule has 0 bridgehead atoms. The minimum absolute atomic E-state index is 0.109. The van der Waals surface area contributed by atoms with Crippen LogP contribution in [-0.2, 0) is 0 Å². The summed E-state index contributed by atoms with van der Waals surface area (Å²) in [7, 11) is 0. The van der Waals surface area contributed by atoms with Gasteiger partial charge in [-0.3, -0.25) is 9.59 Å². The van der Waals surface area contributed by atoms with Gasteiger partial charge in [0.15, 0.2) is 0 Å². The lowest BCUT2D eigenvalue weighted by atomic mass is 10.1. The molecule has 2 aromatic carbocycles. The smallest absolute Gasteiger partial charge is 0.335 e. The number of carbonyl (C=O) groups is 3. The van der Waals surface area contributed by atoms with Crippen LogP contribution < -0.4 is 11.1 Å². The van der Waals surface area contributed by atoms with Gasteiger partial charge in [-0.05, 0) is 48.5 Å². The molecule has 2 amide bonds. The van der Waals surface area contributed by atoms with Crippen molar-refractivity contribution in [3.8, 4) is 0 Å². The van der Waals surface area contributed by atoms with Gasteiger partial charge >= 0.3 is 5.97 Å². The van der Waals surface area contributed by atoms with Crippen molar-refractivity contribution in [3.05, 3.63) is 65.2 Å². The Labute approximate surface area is 120 Å². The van der Waals surface area contributed by atoms with E-state index in [2.05, 4.69) is 5.32 Å². The van der Waals surface area contributed by atoms with Gasteiger partial charge in [0.1, 0.15) is 0 Å². The first kappa shape index (κ1) is 14.3. The Bertz CT molecular complexity index is 691. The number of carbonyl (C=O) groups excluding carboxylic acids is 2.